The van der Waals surface area contributed by atoms with Crippen molar-refractivity contribution in [3.05, 3.63) is 12.7 Å². The van der Waals surface area contributed by atoms with Gasteiger partial charge in [-0.3, -0.25) is 4.79 Å². The Labute approximate surface area is 128 Å². The summed E-state index contributed by atoms with van der Waals surface area (Å²) in [5, 5.41) is 0. The fraction of sp³-hybridized carbons (Fsp3) is 0.824. The number of hydrogen-bond donors (Lipinski definition) is 0. The zero-order chi connectivity index (χ0) is 14.7. The summed E-state index contributed by atoms with van der Waals surface area (Å²) in [5.41, 5.74) is 0.117. The summed E-state index contributed by atoms with van der Waals surface area (Å²) >= 11 is 0. The SMILES string of the molecule is C=CCN1C(=O)CC[C@@]12CCCN(C[C@H]1CCOC1)CC2. The smallest absolute Gasteiger partial charge is 0.223 e. The highest BCUT2D eigenvalue weighted by Gasteiger charge is 2.45. The van der Waals surface area contributed by atoms with Gasteiger partial charge in [-0.05, 0) is 44.6 Å². The van der Waals surface area contributed by atoms with Crippen LogP contribution < -0.4 is 0 Å². The molecule has 4 heteroatoms. The number of carbonyl (C=O) groups excluding carboxylic acids is 1. The summed E-state index contributed by atoms with van der Waals surface area (Å²) in [7, 11) is 0. The molecule has 3 rings (SSSR count). The first-order valence-electron chi connectivity index (χ1n) is 8.45. The van der Waals surface area contributed by atoms with E-state index in [1.165, 1.54) is 25.9 Å². The Morgan fingerprint density at radius 2 is 2.24 bits per heavy atom. The lowest BCUT2D eigenvalue weighted by molar-refractivity contribution is -0.130. The van der Waals surface area contributed by atoms with Crippen LogP contribution in [0.4, 0.5) is 0 Å². The average Bonchev–Trinajstić information content (AvgIpc) is 3.02. The van der Waals surface area contributed by atoms with E-state index in [-0.39, 0.29) is 5.54 Å². The molecule has 0 saturated carbocycles. The third-order valence-corrected chi connectivity index (χ3v) is 5.54. The molecule has 0 radical (unpaired) electrons. The maximum Gasteiger partial charge on any atom is 0.223 e. The largest absolute Gasteiger partial charge is 0.381 e. The molecule has 118 valence electrons. The first-order valence-corrected chi connectivity index (χ1v) is 8.45. The minimum absolute atomic E-state index is 0.117. The van der Waals surface area contributed by atoms with Crippen molar-refractivity contribution in [3.63, 3.8) is 0 Å². The Morgan fingerprint density at radius 3 is 3.00 bits per heavy atom. The molecule has 3 aliphatic rings. The molecular weight excluding hydrogens is 264 g/mol. The molecule has 1 spiro atoms. The topological polar surface area (TPSA) is 32.8 Å². The van der Waals surface area contributed by atoms with E-state index in [4.69, 9.17) is 4.74 Å². The van der Waals surface area contributed by atoms with Crippen LogP contribution in [0.5, 0.6) is 0 Å². The van der Waals surface area contributed by atoms with Crippen molar-refractivity contribution in [2.45, 2.75) is 44.1 Å². The van der Waals surface area contributed by atoms with Crippen LogP contribution in [0, 0.1) is 5.92 Å². The van der Waals surface area contributed by atoms with Gasteiger partial charge in [-0.25, -0.2) is 0 Å². The van der Waals surface area contributed by atoms with Gasteiger partial charge in [0, 0.05) is 38.2 Å². The number of ether oxygens (including phenoxy) is 1. The summed E-state index contributed by atoms with van der Waals surface area (Å²) < 4.78 is 5.50. The molecule has 3 aliphatic heterocycles. The molecule has 0 N–H and O–H groups in total. The zero-order valence-corrected chi connectivity index (χ0v) is 13.1. The summed E-state index contributed by atoms with van der Waals surface area (Å²) in [5.74, 6) is 1.04. The Kier molecular flexibility index (Phi) is 4.65. The van der Waals surface area contributed by atoms with Crippen LogP contribution in [0.15, 0.2) is 12.7 Å². The molecule has 4 nitrogen and oxygen atoms in total. The maximum absolute atomic E-state index is 12.2. The molecule has 3 saturated heterocycles. The number of amides is 1. The van der Waals surface area contributed by atoms with Gasteiger partial charge < -0.3 is 14.5 Å². The third-order valence-electron chi connectivity index (χ3n) is 5.54. The van der Waals surface area contributed by atoms with Gasteiger partial charge in [0.05, 0.1) is 6.61 Å². The molecule has 0 aromatic carbocycles. The van der Waals surface area contributed by atoms with Gasteiger partial charge in [0.1, 0.15) is 0 Å². The number of rotatable bonds is 4. The van der Waals surface area contributed by atoms with E-state index >= 15 is 0 Å². The minimum atomic E-state index is 0.117. The van der Waals surface area contributed by atoms with Gasteiger partial charge in [0.25, 0.3) is 0 Å². The van der Waals surface area contributed by atoms with Crippen molar-refractivity contribution in [2.24, 2.45) is 5.92 Å². The Hall–Kier alpha value is -0.870. The molecule has 0 bridgehead atoms. The van der Waals surface area contributed by atoms with Crippen molar-refractivity contribution < 1.29 is 9.53 Å². The van der Waals surface area contributed by atoms with Gasteiger partial charge in [-0.1, -0.05) is 6.08 Å². The molecule has 0 unspecified atom stereocenters. The van der Waals surface area contributed by atoms with E-state index in [1.54, 1.807) is 0 Å². The summed E-state index contributed by atoms with van der Waals surface area (Å²) in [6.45, 7) is 9.88. The maximum atomic E-state index is 12.2. The third kappa shape index (κ3) is 3.16. The van der Waals surface area contributed by atoms with Crippen LogP contribution in [-0.2, 0) is 9.53 Å². The predicted octanol–water partition coefficient (Wildman–Crippen LogP) is 2.06. The standard InChI is InChI=1S/C17H28N2O2/c1-2-9-19-16(20)4-7-17(19)6-3-10-18(11-8-17)13-15-5-12-21-14-15/h2,15H,1,3-14H2/t15-,17-/m1/s1. The predicted molar refractivity (Wildman–Crippen MR) is 83.1 cm³/mol. The van der Waals surface area contributed by atoms with Crippen LogP contribution in [0.1, 0.15) is 38.5 Å². The number of likely N-dealkylation sites (tertiary alicyclic amines) is 2. The van der Waals surface area contributed by atoms with E-state index in [0.717, 1.165) is 52.0 Å². The Morgan fingerprint density at radius 1 is 1.33 bits per heavy atom. The van der Waals surface area contributed by atoms with Gasteiger partial charge in [0.15, 0.2) is 0 Å². The van der Waals surface area contributed by atoms with Gasteiger partial charge in [-0.15, -0.1) is 6.58 Å². The molecule has 3 heterocycles. The molecule has 21 heavy (non-hydrogen) atoms. The summed E-state index contributed by atoms with van der Waals surface area (Å²) in [4.78, 5) is 16.9. The zero-order valence-electron chi connectivity index (χ0n) is 13.1. The van der Waals surface area contributed by atoms with Gasteiger partial charge in [0.2, 0.25) is 5.91 Å². The van der Waals surface area contributed by atoms with Crippen LogP contribution >= 0.6 is 0 Å². The molecule has 0 aliphatic carbocycles. The lowest BCUT2D eigenvalue weighted by atomic mass is 9.87. The van der Waals surface area contributed by atoms with Crippen LogP contribution in [-0.4, -0.2) is 60.6 Å². The van der Waals surface area contributed by atoms with E-state index in [1.807, 2.05) is 6.08 Å². The second-order valence-corrected chi connectivity index (χ2v) is 6.90. The lowest BCUT2D eigenvalue weighted by Gasteiger charge is -2.37. The normalized spacial score (nSPS) is 34.6. The number of hydrogen-bond acceptors (Lipinski definition) is 3. The fourth-order valence-corrected chi connectivity index (χ4v) is 4.33. The van der Waals surface area contributed by atoms with Crippen molar-refractivity contribution in [1.29, 1.82) is 0 Å². The number of carbonyl (C=O) groups is 1. The van der Waals surface area contributed by atoms with Crippen LogP contribution in [0.2, 0.25) is 0 Å². The fourth-order valence-electron chi connectivity index (χ4n) is 4.33. The molecule has 3 fully saturated rings. The molecule has 0 aromatic heterocycles. The highest BCUT2D eigenvalue weighted by Crippen LogP contribution is 2.39. The first kappa shape index (κ1) is 15.0. The quantitative estimate of drug-likeness (QED) is 0.744. The van der Waals surface area contributed by atoms with Crippen LogP contribution in [0.25, 0.3) is 0 Å². The second kappa shape index (κ2) is 6.49. The van der Waals surface area contributed by atoms with E-state index < -0.39 is 0 Å². The van der Waals surface area contributed by atoms with Gasteiger partial charge in [-0.2, -0.15) is 0 Å². The monoisotopic (exact) mass is 292 g/mol. The summed E-state index contributed by atoms with van der Waals surface area (Å²) in [6.07, 6.45) is 8.34. The van der Waals surface area contributed by atoms with E-state index in [2.05, 4.69) is 16.4 Å². The summed E-state index contributed by atoms with van der Waals surface area (Å²) in [6, 6.07) is 0. The second-order valence-electron chi connectivity index (χ2n) is 6.90. The van der Waals surface area contributed by atoms with Crippen molar-refractivity contribution in [3.8, 4) is 0 Å². The van der Waals surface area contributed by atoms with E-state index in [0.29, 0.717) is 11.8 Å². The average molecular weight is 292 g/mol. The van der Waals surface area contributed by atoms with Gasteiger partial charge >= 0.3 is 0 Å². The Balaban J connectivity index is 1.61. The lowest BCUT2D eigenvalue weighted by Crippen LogP contribution is -2.46. The number of nitrogens with zero attached hydrogens (tertiary/aromatic N) is 2. The highest BCUT2D eigenvalue weighted by molar-refractivity contribution is 5.79. The molecule has 1 amide bonds. The minimum Gasteiger partial charge on any atom is -0.381 e. The van der Waals surface area contributed by atoms with E-state index in [9.17, 15) is 4.79 Å². The molecule has 0 aromatic rings. The van der Waals surface area contributed by atoms with Crippen molar-refractivity contribution in [1.82, 2.24) is 9.80 Å². The Bertz CT molecular complexity index is 392. The van der Waals surface area contributed by atoms with Crippen molar-refractivity contribution >= 4 is 5.91 Å². The first-order chi connectivity index (χ1) is 10.2. The molecule has 2 atom stereocenters. The van der Waals surface area contributed by atoms with Crippen molar-refractivity contribution in [2.75, 3.05) is 39.4 Å². The molecular formula is C17H28N2O2. The van der Waals surface area contributed by atoms with Crippen LogP contribution in [0.3, 0.4) is 0 Å². The highest BCUT2D eigenvalue weighted by atomic mass is 16.5.